The summed E-state index contributed by atoms with van der Waals surface area (Å²) in [6.45, 7) is 8.02. The number of nitrogens with one attached hydrogen (secondary N) is 2. The number of carbonyl (C=O) groups is 2. The number of rotatable bonds is 4. The molecule has 0 fully saturated rings. The summed E-state index contributed by atoms with van der Waals surface area (Å²) in [4.78, 5) is 34.4. The lowest BCUT2D eigenvalue weighted by Gasteiger charge is -2.13. The molecule has 0 saturated heterocycles. The molecule has 6 nitrogen and oxygen atoms in total. The molecular formula is C21H21BrN4O2S. The fourth-order valence-electron chi connectivity index (χ4n) is 2.49. The van der Waals surface area contributed by atoms with E-state index in [1.165, 1.54) is 11.3 Å². The number of aromatic nitrogens is 2. The topological polar surface area (TPSA) is 84.0 Å². The highest BCUT2D eigenvalue weighted by atomic mass is 79.9. The van der Waals surface area contributed by atoms with Crippen molar-refractivity contribution in [2.75, 3.05) is 10.6 Å². The fourth-order valence-corrected chi connectivity index (χ4v) is 3.75. The maximum Gasteiger partial charge on any atom is 0.267 e. The van der Waals surface area contributed by atoms with E-state index in [-0.39, 0.29) is 17.2 Å². The van der Waals surface area contributed by atoms with Crippen molar-refractivity contribution in [3.05, 3.63) is 68.2 Å². The molecule has 2 N–H and O–H groups in total. The minimum atomic E-state index is -0.306. The minimum Gasteiger partial charge on any atom is -0.321 e. The number of amides is 2. The Morgan fingerprint density at radius 2 is 1.83 bits per heavy atom. The summed E-state index contributed by atoms with van der Waals surface area (Å²) < 4.78 is 0.827. The lowest BCUT2D eigenvalue weighted by molar-refractivity contribution is 0.101. The number of anilines is 2. The Kier molecular flexibility index (Phi) is 6.14. The van der Waals surface area contributed by atoms with Crippen LogP contribution < -0.4 is 10.6 Å². The van der Waals surface area contributed by atoms with Gasteiger partial charge in [0.15, 0.2) is 0 Å². The number of thiazole rings is 1. The van der Waals surface area contributed by atoms with Gasteiger partial charge in [-0.15, -0.1) is 11.3 Å². The predicted octanol–water partition coefficient (Wildman–Crippen LogP) is 5.41. The molecule has 150 valence electrons. The Morgan fingerprint density at radius 3 is 2.45 bits per heavy atom. The molecule has 8 heteroatoms. The molecule has 2 amide bonds. The molecular weight excluding hydrogens is 452 g/mol. The van der Waals surface area contributed by atoms with Crippen LogP contribution in [0.1, 0.15) is 51.5 Å². The zero-order chi connectivity index (χ0) is 21.2. The molecule has 0 unspecified atom stereocenters. The zero-order valence-electron chi connectivity index (χ0n) is 16.5. The lowest BCUT2D eigenvalue weighted by atomic mass is 9.98. The first kappa shape index (κ1) is 21.1. The fraction of sp³-hybridized carbons (Fsp3) is 0.238. The van der Waals surface area contributed by atoms with Crippen LogP contribution >= 0.6 is 27.3 Å². The van der Waals surface area contributed by atoms with Crippen molar-refractivity contribution in [3.63, 3.8) is 0 Å². The average Bonchev–Trinajstić information content (AvgIpc) is 3.06. The summed E-state index contributed by atoms with van der Waals surface area (Å²) in [5, 5.41) is 6.51. The van der Waals surface area contributed by atoms with Crippen molar-refractivity contribution in [3.8, 4) is 0 Å². The summed E-state index contributed by atoms with van der Waals surface area (Å²) in [6.07, 6.45) is 1.61. The summed E-state index contributed by atoms with van der Waals surface area (Å²) in [5.74, 6) is -0.0924. The first-order chi connectivity index (χ1) is 13.6. The van der Waals surface area contributed by atoms with Gasteiger partial charge < -0.3 is 10.6 Å². The van der Waals surface area contributed by atoms with Crippen molar-refractivity contribution in [2.45, 2.75) is 33.1 Å². The van der Waals surface area contributed by atoms with Crippen molar-refractivity contribution in [1.82, 2.24) is 9.97 Å². The van der Waals surface area contributed by atoms with Crippen molar-refractivity contribution >= 4 is 50.6 Å². The molecule has 1 aromatic carbocycles. The van der Waals surface area contributed by atoms with Gasteiger partial charge in [0.2, 0.25) is 0 Å². The molecule has 3 rings (SSSR count). The molecule has 2 heterocycles. The standard InChI is InChI=1S/C21H21BrN4O2S/c1-12-17(29-20(24-12)21(2,3)4)19(28)25-15-7-5-6-13(10-15)18(27)26-16-9-8-14(22)11-23-16/h5-11H,1-4H3,(H,25,28)(H,23,26,27). The van der Waals surface area contributed by atoms with Crippen LogP contribution in [0.2, 0.25) is 0 Å². The van der Waals surface area contributed by atoms with Gasteiger partial charge in [0.05, 0.1) is 10.7 Å². The Balaban J connectivity index is 1.74. The predicted molar refractivity (Wildman–Crippen MR) is 120 cm³/mol. The summed E-state index contributed by atoms with van der Waals surface area (Å²) in [6, 6.07) is 10.3. The van der Waals surface area contributed by atoms with Crippen LogP contribution in [-0.2, 0) is 5.41 Å². The quantitative estimate of drug-likeness (QED) is 0.531. The first-order valence-corrected chi connectivity index (χ1v) is 10.6. The Hall–Kier alpha value is -2.58. The second-order valence-electron chi connectivity index (χ2n) is 7.53. The van der Waals surface area contributed by atoms with Crippen LogP contribution in [0, 0.1) is 6.92 Å². The van der Waals surface area contributed by atoms with E-state index in [2.05, 4.69) is 57.3 Å². The summed E-state index contributed by atoms with van der Waals surface area (Å²) in [5.41, 5.74) is 1.54. The molecule has 0 atom stereocenters. The molecule has 2 aromatic heterocycles. The first-order valence-electron chi connectivity index (χ1n) is 8.96. The van der Waals surface area contributed by atoms with Crippen LogP contribution in [0.15, 0.2) is 47.1 Å². The van der Waals surface area contributed by atoms with Gasteiger partial charge in [0, 0.05) is 27.3 Å². The minimum absolute atomic E-state index is 0.118. The highest BCUT2D eigenvalue weighted by Gasteiger charge is 2.23. The maximum absolute atomic E-state index is 12.7. The third-order valence-corrected chi connectivity index (χ3v) is 6.05. The highest BCUT2D eigenvalue weighted by Crippen LogP contribution is 2.29. The Morgan fingerprint density at radius 1 is 1.07 bits per heavy atom. The SMILES string of the molecule is Cc1nc(C(C)(C)C)sc1C(=O)Nc1cccc(C(=O)Nc2ccc(Br)cn2)c1. The monoisotopic (exact) mass is 472 g/mol. The summed E-state index contributed by atoms with van der Waals surface area (Å²) in [7, 11) is 0. The van der Waals surface area contributed by atoms with Gasteiger partial charge >= 0.3 is 0 Å². The van der Waals surface area contributed by atoms with Gasteiger partial charge in [-0.1, -0.05) is 26.8 Å². The van der Waals surface area contributed by atoms with E-state index in [0.29, 0.717) is 27.6 Å². The number of hydrogen-bond donors (Lipinski definition) is 2. The van der Waals surface area contributed by atoms with Crippen LogP contribution in [0.4, 0.5) is 11.5 Å². The van der Waals surface area contributed by atoms with E-state index in [9.17, 15) is 9.59 Å². The maximum atomic E-state index is 12.7. The number of nitrogens with zero attached hydrogens (tertiary/aromatic N) is 2. The van der Waals surface area contributed by atoms with Gasteiger partial charge in [0.1, 0.15) is 10.7 Å². The molecule has 3 aromatic rings. The van der Waals surface area contributed by atoms with E-state index in [1.807, 2.05) is 6.92 Å². The molecule has 0 aliphatic heterocycles. The highest BCUT2D eigenvalue weighted by molar-refractivity contribution is 9.10. The third-order valence-electron chi connectivity index (χ3n) is 4.00. The Bertz CT molecular complexity index is 1060. The molecule has 0 aliphatic rings. The van der Waals surface area contributed by atoms with Crippen LogP contribution in [0.3, 0.4) is 0 Å². The number of halogens is 1. The summed E-state index contributed by atoms with van der Waals surface area (Å²) >= 11 is 4.70. The zero-order valence-corrected chi connectivity index (χ0v) is 18.9. The smallest absolute Gasteiger partial charge is 0.267 e. The van der Waals surface area contributed by atoms with Gasteiger partial charge in [-0.2, -0.15) is 0 Å². The van der Waals surface area contributed by atoms with Crippen molar-refractivity contribution in [2.24, 2.45) is 0 Å². The van der Waals surface area contributed by atoms with E-state index in [4.69, 9.17) is 0 Å². The number of pyridine rings is 1. The largest absolute Gasteiger partial charge is 0.321 e. The third kappa shape index (κ3) is 5.27. The van der Waals surface area contributed by atoms with Gasteiger partial charge in [0.25, 0.3) is 11.8 Å². The average molecular weight is 473 g/mol. The van der Waals surface area contributed by atoms with Crippen LogP contribution in [0.5, 0.6) is 0 Å². The molecule has 29 heavy (non-hydrogen) atoms. The lowest BCUT2D eigenvalue weighted by Crippen LogP contribution is -2.15. The normalized spacial score (nSPS) is 11.2. The van der Waals surface area contributed by atoms with Crippen LogP contribution in [-0.4, -0.2) is 21.8 Å². The van der Waals surface area contributed by atoms with E-state index in [0.717, 1.165) is 9.48 Å². The van der Waals surface area contributed by atoms with E-state index in [1.54, 1.807) is 42.6 Å². The number of carbonyl (C=O) groups excluding carboxylic acids is 2. The number of aryl methyl sites for hydroxylation is 1. The molecule has 0 bridgehead atoms. The van der Waals surface area contributed by atoms with E-state index >= 15 is 0 Å². The molecule has 0 radical (unpaired) electrons. The van der Waals surface area contributed by atoms with Crippen molar-refractivity contribution in [1.29, 1.82) is 0 Å². The number of benzene rings is 1. The van der Waals surface area contributed by atoms with Gasteiger partial charge in [-0.25, -0.2) is 9.97 Å². The van der Waals surface area contributed by atoms with Crippen LogP contribution in [0.25, 0.3) is 0 Å². The molecule has 0 spiro atoms. The second-order valence-corrected chi connectivity index (χ2v) is 9.45. The number of hydrogen-bond acceptors (Lipinski definition) is 5. The van der Waals surface area contributed by atoms with E-state index < -0.39 is 0 Å². The second kappa shape index (κ2) is 8.42. The van der Waals surface area contributed by atoms with Crippen molar-refractivity contribution < 1.29 is 9.59 Å². The van der Waals surface area contributed by atoms with Gasteiger partial charge in [-0.05, 0) is 53.2 Å². The van der Waals surface area contributed by atoms with Gasteiger partial charge in [-0.3, -0.25) is 9.59 Å². The molecule has 0 saturated carbocycles. The Labute approximate surface area is 181 Å². The molecule has 0 aliphatic carbocycles.